The molecule has 9 heteroatoms. The number of rotatable bonds is 5. The molecule has 0 spiro atoms. The summed E-state index contributed by atoms with van der Waals surface area (Å²) in [4.78, 5) is 3.38. The quantitative estimate of drug-likeness (QED) is 0.745. The van der Waals surface area contributed by atoms with Crippen LogP contribution in [0.2, 0.25) is 0 Å². The van der Waals surface area contributed by atoms with Crippen molar-refractivity contribution in [1.29, 1.82) is 0 Å². The largest absolute Gasteiger partial charge is 0.493 e. The molecular formula is C19H21F3N2O3S. The van der Waals surface area contributed by atoms with Gasteiger partial charge in [0, 0.05) is 37.0 Å². The van der Waals surface area contributed by atoms with Gasteiger partial charge in [0.05, 0.1) is 17.1 Å². The third-order valence-corrected chi connectivity index (χ3v) is 6.57. The van der Waals surface area contributed by atoms with Crippen molar-refractivity contribution in [2.75, 3.05) is 19.7 Å². The highest BCUT2D eigenvalue weighted by Crippen LogP contribution is 2.36. The number of hydrogen-bond donors (Lipinski definition) is 0. The molecule has 1 aliphatic rings. The molecule has 2 heterocycles. The van der Waals surface area contributed by atoms with Gasteiger partial charge >= 0.3 is 6.18 Å². The molecule has 1 atom stereocenters. The average molecular weight is 414 g/mol. The van der Waals surface area contributed by atoms with Crippen molar-refractivity contribution in [3.05, 3.63) is 53.9 Å². The van der Waals surface area contributed by atoms with Crippen LogP contribution in [0, 0.1) is 12.8 Å². The molecular weight excluding hydrogens is 393 g/mol. The average Bonchev–Trinajstić information content (AvgIpc) is 2.66. The second-order valence-corrected chi connectivity index (χ2v) is 8.72. The van der Waals surface area contributed by atoms with E-state index in [0.717, 1.165) is 28.6 Å². The Kier molecular flexibility index (Phi) is 5.95. The van der Waals surface area contributed by atoms with Crippen molar-refractivity contribution in [2.24, 2.45) is 5.92 Å². The van der Waals surface area contributed by atoms with E-state index in [2.05, 4.69) is 4.98 Å². The molecule has 0 N–H and O–H groups in total. The van der Waals surface area contributed by atoms with Crippen LogP contribution in [0.5, 0.6) is 5.75 Å². The lowest BCUT2D eigenvalue weighted by Crippen LogP contribution is -2.42. The van der Waals surface area contributed by atoms with Gasteiger partial charge in [0.1, 0.15) is 5.75 Å². The van der Waals surface area contributed by atoms with Crippen LogP contribution in [0.25, 0.3) is 0 Å². The van der Waals surface area contributed by atoms with E-state index < -0.39 is 26.7 Å². The minimum Gasteiger partial charge on any atom is -0.493 e. The number of piperidine rings is 1. The SMILES string of the molecule is Cc1cc(OCC2CCCN(S(=O)(=O)c3ccccc3C(F)(F)F)C2)ccn1. The number of aromatic nitrogens is 1. The van der Waals surface area contributed by atoms with Gasteiger partial charge in [-0.3, -0.25) is 4.98 Å². The fourth-order valence-electron chi connectivity index (χ4n) is 3.27. The smallest absolute Gasteiger partial charge is 0.417 e. The number of halogens is 3. The van der Waals surface area contributed by atoms with Gasteiger partial charge < -0.3 is 4.74 Å². The van der Waals surface area contributed by atoms with E-state index >= 15 is 0 Å². The van der Waals surface area contributed by atoms with E-state index in [1.807, 2.05) is 6.92 Å². The van der Waals surface area contributed by atoms with Crippen molar-refractivity contribution in [2.45, 2.75) is 30.8 Å². The summed E-state index contributed by atoms with van der Waals surface area (Å²) in [5.41, 5.74) is -0.338. The van der Waals surface area contributed by atoms with E-state index in [0.29, 0.717) is 12.2 Å². The Labute approximate surface area is 162 Å². The summed E-state index contributed by atoms with van der Waals surface area (Å²) in [6.07, 6.45) is -1.80. The van der Waals surface area contributed by atoms with E-state index in [1.165, 1.54) is 12.1 Å². The van der Waals surface area contributed by atoms with Crippen LogP contribution in [0.4, 0.5) is 13.2 Å². The lowest BCUT2D eigenvalue weighted by Gasteiger charge is -2.32. The maximum absolute atomic E-state index is 13.3. The van der Waals surface area contributed by atoms with Crippen molar-refractivity contribution in [1.82, 2.24) is 9.29 Å². The monoisotopic (exact) mass is 414 g/mol. The van der Waals surface area contributed by atoms with Gasteiger partial charge in [0.2, 0.25) is 10.0 Å². The molecule has 3 rings (SSSR count). The maximum atomic E-state index is 13.3. The minimum absolute atomic E-state index is 0.102. The zero-order chi connectivity index (χ0) is 20.4. The normalized spacial score (nSPS) is 18.8. The van der Waals surface area contributed by atoms with Crippen molar-refractivity contribution >= 4 is 10.0 Å². The van der Waals surface area contributed by atoms with Crippen LogP contribution in [-0.2, 0) is 16.2 Å². The van der Waals surface area contributed by atoms with E-state index in [1.54, 1.807) is 18.3 Å². The molecule has 1 fully saturated rings. The predicted molar refractivity (Wildman–Crippen MR) is 97.4 cm³/mol. The second kappa shape index (κ2) is 8.08. The lowest BCUT2D eigenvalue weighted by molar-refractivity contribution is -0.139. The fourth-order valence-corrected chi connectivity index (χ4v) is 5.04. The summed E-state index contributed by atoms with van der Waals surface area (Å²) in [7, 11) is -4.25. The Morgan fingerprint density at radius 1 is 1.25 bits per heavy atom. The Hall–Kier alpha value is -2.13. The van der Waals surface area contributed by atoms with Crippen molar-refractivity contribution < 1.29 is 26.3 Å². The highest BCUT2D eigenvalue weighted by atomic mass is 32.2. The molecule has 5 nitrogen and oxygen atoms in total. The summed E-state index contributed by atoms with van der Waals surface area (Å²) < 4.78 is 72.4. The molecule has 0 aliphatic carbocycles. The second-order valence-electron chi connectivity index (χ2n) is 6.81. The van der Waals surface area contributed by atoms with Crippen LogP contribution in [0.1, 0.15) is 24.1 Å². The molecule has 1 saturated heterocycles. The Morgan fingerprint density at radius 3 is 2.71 bits per heavy atom. The minimum atomic E-state index is -4.73. The molecule has 0 saturated carbocycles. The molecule has 0 bridgehead atoms. The molecule has 1 aliphatic heterocycles. The first-order valence-corrected chi connectivity index (χ1v) is 10.3. The third kappa shape index (κ3) is 4.64. The first-order valence-electron chi connectivity index (χ1n) is 8.90. The first-order chi connectivity index (χ1) is 13.2. The Balaban J connectivity index is 1.75. The van der Waals surface area contributed by atoms with Crippen LogP contribution in [0.3, 0.4) is 0 Å². The number of alkyl halides is 3. The molecule has 152 valence electrons. The van der Waals surface area contributed by atoms with Gasteiger partial charge in [-0.05, 0) is 38.0 Å². The summed E-state index contributed by atoms with van der Waals surface area (Å²) in [5, 5.41) is 0. The zero-order valence-electron chi connectivity index (χ0n) is 15.3. The zero-order valence-corrected chi connectivity index (χ0v) is 16.1. The van der Waals surface area contributed by atoms with Gasteiger partial charge in [-0.15, -0.1) is 0 Å². The van der Waals surface area contributed by atoms with Gasteiger partial charge in [-0.25, -0.2) is 8.42 Å². The van der Waals surface area contributed by atoms with E-state index in [-0.39, 0.29) is 25.6 Å². The van der Waals surface area contributed by atoms with Crippen LogP contribution in [-0.4, -0.2) is 37.4 Å². The van der Waals surface area contributed by atoms with Gasteiger partial charge in [0.25, 0.3) is 0 Å². The number of aryl methyl sites for hydroxylation is 1. The summed E-state index contributed by atoms with van der Waals surface area (Å²) in [6, 6.07) is 7.78. The maximum Gasteiger partial charge on any atom is 0.417 e. The number of pyridine rings is 1. The number of hydrogen-bond acceptors (Lipinski definition) is 4. The highest BCUT2D eigenvalue weighted by Gasteiger charge is 2.39. The number of ether oxygens (including phenoxy) is 1. The van der Waals surface area contributed by atoms with Crippen LogP contribution in [0.15, 0.2) is 47.5 Å². The summed E-state index contributed by atoms with van der Waals surface area (Å²) in [5.74, 6) is 0.532. The van der Waals surface area contributed by atoms with Gasteiger partial charge in [-0.1, -0.05) is 12.1 Å². The molecule has 1 unspecified atom stereocenters. The van der Waals surface area contributed by atoms with Crippen molar-refractivity contribution in [3.63, 3.8) is 0 Å². The molecule has 2 aromatic rings. The molecule has 28 heavy (non-hydrogen) atoms. The highest BCUT2D eigenvalue weighted by molar-refractivity contribution is 7.89. The summed E-state index contributed by atoms with van der Waals surface area (Å²) >= 11 is 0. The molecule has 1 aromatic carbocycles. The number of benzene rings is 1. The van der Waals surface area contributed by atoms with Gasteiger partial charge in [-0.2, -0.15) is 17.5 Å². The van der Waals surface area contributed by atoms with E-state index in [9.17, 15) is 21.6 Å². The fraction of sp³-hybridized carbons (Fsp3) is 0.421. The predicted octanol–water partition coefficient (Wildman–Crippen LogP) is 3.89. The van der Waals surface area contributed by atoms with Crippen LogP contribution >= 0.6 is 0 Å². The Morgan fingerprint density at radius 2 is 2.00 bits per heavy atom. The van der Waals surface area contributed by atoms with Gasteiger partial charge in [0.15, 0.2) is 0 Å². The molecule has 1 aromatic heterocycles. The number of nitrogens with zero attached hydrogens (tertiary/aromatic N) is 2. The van der Waals surface area contributed by atoms with Crippen molar-refractivity contribution in [3.8, 4) is 5.75 Å². The third-order valence-electron chi connectivity index (χ3n) is 4.65. The Bertz CT molecular complexity index is 932. The summed E-state index contributed by atoms with van der Waals surface area (Å²) in [6.45, 7) is 2.44. The number of sulfonamides is 1. The lowest BCUT2D eigenvalue weighted by atomic mass is 10.0. The molecule has 0 amide bonds. The standard InChI is InChI=1S/C19H21F3N2O3S/c1-14-11-16(8-9-23-14)27-13-15-5-4-10-24(12-15)28(25,26)18-7-3-2-6-17(18)19(20,21)22/h2-3,6-9,11,15H,4-5,10,12-13H2,1H3. The van der Waals surface area contributed by atoms with E-state index in [4.69, 9.17) is 4.74 Å². The van der Waals surface area contributed by atoms with Crippen LogP contribution < -0.4 is 4.74 Å². The topological polar surface area (TPSA) is 59.5 Å². The first kappa shape index (κ1) is 20.6. The molecule has 0 radical (unpaired) electrons.